The number of thioether (sulfide) groups is 1. The van der Waals surface area contributed by atoms with E-state index in [0.717, 1.165) is 19.3 Å². The number of hydrogen-bond donors (Lipinski definition) is 1. The van der Waals surface area contributed by atoms with Crippen molar-refractivity contribution in [2.75, 3.05) is 32.2 Å². The van der Waals surface area contributed by atoms with Crippen LogP contribution in [0, 0.1) is 0 Å². The van der Waals surface area contributed by atoms with Gasteiger partial charge in [-0.1, -0.05) is 12.5 Å². The van der Waals surface area contributed by atoms with E-state index in [1.54, 1.807) is 17.8 Å². The highest BCUT2D eigenvalue weighted by atomic mass is 32.2. The minimum Gasteiger partial charge on any atom is -0.467 e. The monoisotopic (exact) mass is 414 g/mol. The summed E-state index contributed by atoms with van der Waals surface area (Å²) in [5.74, 6) is -0.333. The molecule has 0 spiro atoms. The van der Waals surface area contributed by atoms with Crippen molar-refractivity contribution in [2.45, 2.75) is 36.6 Å². The smallest absolute Gasteiger partial charge is 0.328 e. The molecule has 1 aromatic carbocycles. The number of sulfonamides is 1. The van der Waals surface area contributed by atoms with Crippen molar-refractivity contribution < 1.29 is 22.7 Å². The first-order chi connectivity index (χ1) is 12.9. The van der Waals surface area contributed by atoms with E-state index in [1.165, 1.54) is 29.6 Å². The third-order valence-corrected chi connectivity index (χ3v) is 6.99. The number of piperidine rings is 1. The molecule has 1 aliphatic rings. The molecule has 0 radical (unpaired) electrons. The molecule has 0 aromatic heterocycles. The molecule has 1 atom stereocenters. The Balaban J connectivity index is 2.17. The van der Waals surface area contributed by atoms with E-state index in [4.69, 9.17) is 4.74 Å². The summed E-state index contributed by atoms with van der Waals surface area (Å²) < 4.78 is 31.8. The van der Waals surface area contributed by atoms with Gasteiger partial charge in [0, 0.05) is 18.7 Å². The van der Waals surface area contributed by atoms with Crippen LogP contribution in [0.15, 0.2) is 29.2 Å². The van der Waals surface area contributed by atoms with Gasteiger partial charge >= 0.3 is 5.97 Å². The Morgan fingerprint density at radius 3 is 2.59 bits per heavy atom. The Labute approximate surface area is 164 Å². The average Bonchev–Trinajstić information content (AvgIpc) is 2.71. The SMILES string of the molecule is COC(=O)[C@H](CCSC)NC(=O)c1cccc(S(=O)(=O)N2CCCCC2)c1. The molecule has 150 valence electrons. The fourth-order valence-electron chi connectivity index (χ4n) is 2.92. The second-order valence-electron chi connectivity index (χ2n) is 6.32. The van der Waals surface area contributed by atoms with Crippen LogP contribution in [-0.2, 0) is 19.6 Å². The zero-order valence-corrected chi connectivity index (χ0v) is 17.3. The lowest BCUT2D eigenvalue weighted by atomic mass is 10.1. The van der Waals surface area contributed by atoms with Crippen molar-refractivity contribution in [1.82, 2.24) is 9.62 Å². The van der Waals surface area contributed by atoms with Crippen LogP contribution < -0.4 is 5.32 Å². The summed E-state index contributed by atoms with van der Waals surface area (Å²) in [6.45, 7) is 0.996. The number of amides is 1. The van der Waals surface area contributed by atoms with Gasteiger partial charge in [0.1, 0.15) is 6.04 Å². The van der Waals surface area contributed by atoms with Crippen LogP contribution in [0.2, 0.25) is 0 Å². The van der Waals surface area contributed by atoms with Crippen molar-refractivity contribution in [1.29, 1.82) is 0 Å². The van der Waals surface area contributed by atoms with Crippen LogP contribution in [0.5, 0.6) is 0 Å². The maximum Gasteiger partial charge on any atom is 0.328 e. The minimum atomic E-state index is -3.62. The highest BCUT2D eigenvalue weighted by molar-refractivity contribution is 7.98. The summed E-state index contributed by atoms with van der Waals surface area (Å²) >= 11 is 1.56. The number of hydrogen-bond acceptors (Lipinski definition) is 6. The van der Waals surface area contributed by atoms with Crippen molar-refractivity contribution in [3.05, 3.63) is 29.8 Å². The number of ether oxygens (including phenoxy) is 1. The quantitative estimate of drug-likeness (QED) is 0.653. The fourth-order valence-corrected chi connectivity index (χ4v) is 4.96. The largest absolute Gasteiger partial charge is 0.467 e. The van der Waals surface area contributed by atoms with Gasteiger partial charge in [0.25, 0.3) is 5.91 Å². The van der Waals surface area contributed by atoms with Gasteiger partial charge in [-0.3, -0.25) is 4.79 Å². The van der Waals surface area contributed by atoms with Crippen LogP contribution in [0.3, 0.4) is 0 Å². The van der Waals surface area contributed by atoms with E-state index in [9.17, 15) is 18.0 Å². The summed E-state index contributed by atoms with van der Waals surface area (Å²) in [6.07, 6.45) is 5.06. The molecule has 1 N–H and O–H groups in total. The van der Waals surface area contributed by atoms with Crippen LogP contribution in [0.25, 0.3) is 0 Å². The van der Waals surface area contributed by atoms with Crippen LogP contribution >= 0.6 is 11.8 Å². The lowest BCUT2D eigenvalue weighted by Gasteiger charge is -2.26. The van der Waals surface area contributed by atoms with E-state index in [1.807, 2.05) is 6.26 Å². The number of nitrogens with zero attached hydrogens (tertiary/aromatic N) is 1. The molecular formula is C18H26N2O5S2. The van der Waals surface area contributed by atoms with Crippen molar-refractivity contribution in [2.24, 2.45) is 0 Å². The van der Waals surface area contributed by atoms with Gasteiger partial charge in [-0.25, -0.2) is 13.2 Å². The van der Waals surface area contributed by atoms with Gasteiger partial charge in [0.2, 0.25) is 10.0 Å². The summed E-state index contributed by atoms with van der Waals surface area (Å²) in [7, 11) is -2.35. The first-order valence-corrected chi connectivity index (χ1v) is 11.7. The molecule has 1 saturated heterocycles. The maximum absolute atomic E-state index is 12.8. The molecule has 0 saturated carbocycles. The third kappa shape index (κ3) is 5.70. The first-order valence-electron chi connectivity index (χ1n) is 8.88. The number of carbonyl (C=O) groups excluding carboxylic acids is 2. The van der Waals surface area contributed by atoms with E-state index in [2.05, 4.69) is 5.32 Å². The lowest BCUT2D eigenvalue weighted by Crippen LogP contribution is -2.42. The molecule has 0 bridgehead atoms. The first kappa shape index (κ1) is 21.7. The Morgan fingerprint density at radius 1 is 1.26 bits per heavy atom. The van der Waals surface area contributed by atoms with Crippen molar-refractivity contribution in [3.8, 4) is 0 Å². The van der Waals surface area contributed by atoms with Crippen LogP contribution in [0.1, 0.15) is 36.0 Å². The molecule has 2 rings (SSSR count). The number of methoxy groups -OCH3 is 1. The van der Waals surface area contributed by atoms with Gasteiger partial charge in [-0.2, -0.15) is 16.1 Å². The van der Waals surface area contributed by atoms with E-state index >= 15 is 0 Å². The zero-order valence-electron chi connectivity index (χ0n) is 15.6. The predicted octanol–water partition coefficient (Wildman–Crippen LogP) is 1.89. The molecule has 0 unspecified atom stereocenters. The number of benzene rings is 1. The minimum absolute atomic E-state index is 0.0933. The maximum atomic E-state index is 12.8. The zero-order chi connectivity index (χ0) is 19.9. The number of esters is 1. The second kappa shape index (κ2) is 10.1. The molecule has 1 heterocycles. The summed E-state index contributed by atoms with van der Waals surface area (Å²) in [5.41, 5.74) is 0.200. The molecule has 1 aromatic rings. The number of rotatable bonds is 8. The summed E-state index contributed by atoms with van der Waals surface area (Å²) in [5, 5.41) is 2.64. The highest BCUT2D eigenvalue weighted by Crippen LogP contribution is 2.21. The molecule has 7 nitrogen and oxygen atoms in total. The summed E-state index contributed by atoms with van der Waals surface area (Å²) in [4.78, 5) is 24.5. The van der Waals surface area contributed by atoms with Gasteiger partial charge in [0.05, 0.1) is 12.0 Å². The molecule has 1 aliphatic heterocycles. The Kier molecular flexibility index (Phi) is 8.12. The Morgan fingerprint density at radius 2 is 1.96 bits per heavy atom. The third-order valence-electron chi connectivity index (χ3n) is 4.45. The highest BCUT2D eigenvalue weighted by Gasteiger charge is 2.27. The molecule has 1 fully saturated rings. The second-order valence-corrected chi connectivity index (χ2v) is 9.25. The Hall–Kier alpha value is -1.58. The van der Waals surface area contributed by atoms with E-state index < -0.39 is 27.9 Å². The van der Waals surface area contributed by atoms with E-state index in [0.29, 0.717) is 25.3 Å². The average molecular weight is 415 g/mol. The molecule has 27 heavy (non-hydrogen) atoms. The molecule has 0 aliphatic carbocycles. The normalized spacial score (nSPS) is 16.5. The standard InChI is InChI=1S/C18H26N2O5S2/c1-25-18(22)16(9-12-26-2)19-17(21)14-7-6-8-15(13-14)27(23,24)20-10-4-3-5-11-20/h6-8,13,16H,3-5,9-12H2,1-2H3,(H,19,21)/t16-/m0/s1. The molecule has 1 amide bonds. The van der Waals surface area contributed by atoms with Crippen LogP contribution in [-0.4, -0.2) is 62.8 Å². The van der Waals surface area contributed by atoms with E-state index in [-0.39, 0.29) is 10.5 Å². The molecule has 9 heteroatoms. The van der Waals surface area contributed by atoms with Crippen molar-refractivity contribution >= 4 is 33.7 Å². The number of nitrogens with one attached hydrogen (secondary N) is 1. The van der Waals surface area contributed by atoms with Gasteiger partial charge in [0.15, 0.2) is 0 Å². The predicted molar refractivity (Wildman–Crippen MR) is 105 cm³/mol. The van der Waals surface area contributed by atoms with Gasteiger partial charge < -0.3 is 10.1 Å². The molecular weight excluding hydrogens is 388 g/mol. The number of carbonyl (C=O) groups is 2. The van der Waals surface area contributed by atoms with Gasteiger partial charge in [-0.05, 0) is 49.5 Å². The van der Waals surface area contributed by atoms with Crippen molar-refractivity contribution in [3.63, 3.8) is 0 Å². The Bertz CT molecular complexity index is 761. The lowest BCUT2D eigenvalue weighted by molar-refractivity contribution is -0.142. The van der Waals surface area contributed by atoms with Gasteiger partial charge in [-0.15, -0.1) is 0 Å². The summed E-state index contributed by atoms with van der Waals surface area (Å²) in [6, 6.07) is 5.17. The van der Waals surface area contributed by atoms with Crippen LogP contribution in [0.4, 0.5) is 0 Å². The topological polar surface area (TPSA) is 92.8 Å². The fraction of sp³-hybridized carbons (Fsp3) is 0.556.